The molecule has 1 N–H and O–H groups in total. The fraction of sp³-hybridized carbons (Fsp3) is 0.316. The molecule has 1 fully saturated rings. The SMILES string of the molecule is Cc1ccc(C[NH+]2CCN(N=Cc3ccccc3F)CC2)cc1. The van der Waals surface area contributed by atoms with E-state index in [9.17, 15) is 4.39 Å². The van der Waals surface area contributed by atoms with Gasteiger partial charge < -0.3 is 4.90 Å². The van der Waals surface area contributed by atoms with Gasteiger partial charge in [0.25, 0.3) is 0 Å². The summed E-state index contributed by atoms with van der Waals surface area (Å²) in [5, 5.41) is 6.46. The molecule has 3 rings (SSSR count). The van der Waals surface area contributed by atoms with Gasteiger partial charge in [-0.15, -0.1) is 0 Å². The minimum absolute atomic E-state index is 0.222. The van der Waals surface area contributed by atoms with Gasteiger partial charge in [-0.1, -0.05) is 48.0 Å². The van der Waals surface area contributed by atoms with Crippen molar-refractivity contribution in [1.82, 2.24) is 5.01 Å². The molecule has 0 aromatic heterocycles. The fourth-order valence-corrected chi connectivity index (χ4v) is 2.82. The van der Waals surface area contributed by atoms with E-state index < -0.39 is 0 Å². The molecule has 3 nitrogen and oxygen atoms in total. The number of aryl methyl sites for hydroxylation is 1. The molecule has 0 amide bonds. The topological polar surface area (TPSA) is 20.0 Å². The summed E-state index contributed by atoms with van der Waals surface area (Å²) in [6, 6.07) is 15.5. The summed E-state index contributed by atoms with van der Waals surface area (Å²) in [4.78, 5) is 1.58. The lowest BCUT2D eigenvalue weighted by atomic mass is 10.1. The number of quaternary nitrogens is 1. The number of hydrogen-bond acceptors (Lipinski definition) is 2. The zero-order chi connectivity index (χ0) is 16.1. The summed E-state index contributed by atoms with van der Waals surface area (Å²) in [6.45, 7) is 7.11. The Balaban J connectivity index is 1.50. The average molecular weight is 312 g/mol. The first kappa shape index (κ1) is 15.7. The lowest BCUT2D eigenvalue weighted by Crippen LogP contribution is -3.13. The maximum Gasteiger partial charge on any atom is 0.132 e. The van der Waals surface area contributed by atoms with Crippen LogP contribution in [0.3, 0.4) is 0 Å². The molecule has 2 aromatic rings. The van der Waals surface area contributed by atoms with E-state index in [0.717, 1.165) is 32.7 Å². The van der Waals surface area contributed by atoms with Crippen LogP contribution in [0.5, 0.6) is 0 Å². The average Bonchev–Trinajstić information content (AvgIpc) is 2.58. The standard InChI is InChI=1S/C19H22FN3/c1-16-6-8-17(9-7-16)15-22-10-12-23(13-11-22)21-14-18-4-2-3-5-19(18)20/h2-9,14H,10-13,15H2,1H3/p+1. The minimum Gasteiger partial charge on any atom is -0.328 e. The van der Waals surface area contributed by atoms with E-state index in [4.69, 9.17) is 0 Å². The Morgan fingerprint density at radius 2 is 1.78 bits per heavy atom. The second kappa shape index (κ2) is 7.38. The van der Waals surface area contributed by atoms with E-state index in [1.54, 1.807) is 23.2 Å². The minimum atomic E-state index is -0.222. The van der Waals surface area contributed by atoms with E-state index in [1.165, 1.54) is 17.2 Å². The molecule has 1 saturated heterocycles. The highest BCUT2D eigenvalue weighted by atomic mass is 19.1. The monoisotopic (exact) mass is 312 g/mol. The molecular weight excluding hydrogens is 289 g/mol. The summed E-state index contributed by atoms with van der Waals surface area (Å²) >= 11 is 0. The first-order chi connectivity index (χ1) is 11.2. The Labute approximate surface area is 137 Å². The summed E-state index contributed by atoms with van der Waals surface area (Å²) in [6.07, 6.45) is 1.63. The number of nitrogens with one attached hydrogen (secondary N) is 1. The number of halogens is 1. The quantitative estimate of drug-likeness (QED) is 0.855. The normalized spacial score (nSPS) is 16.2. The molecule has 23 heavy (non-hydrogen) atoms. The van der Waals surface area contributed by atoms with Crippen LogP contribution in [-0.4, -0.2) is 37.4 Å². The molecule has 1 aliphatic heterocycles. The van der Waals surface area contributed by atoms with Crippen molar-refractivity contribution in [2.75, 3.05) is 26.2 Å². The largest absolute Gasteiger partial charge is 0.328 e. The Morgan fingerprint density at radius 3 is 2.48 bits per heavy atom. The zero-order valence-electron chi connectivity index (χ0n) is 13.5. The number of hydrazone groups is 1. The third-order valence-electron chi connectivity index (χ3n) is 4.29. The third-order valence-corrected chi connectivity index (χ3v) is 4.29. The van der Waals surface area contributed by atoms with Gasteiger partial charge in [0.1, 0.15) is 12.4 Å². The lowest BCUT2D eigenvalue weighted by molar-refractivity contribution is -0.918. The van der Waals surface area contributed by atoms with Gasteiger partial charge in [0.2, 0.25) is 0 Å². The van der Waals surface area contributed by atoms with E-state index in [2.05, 4.69) is 36.3 Å². The van der Waals surface area contributed by atoms with Crippen molar-refractivity contribution < 1.29 is 9.29 Å². The van der Waals surface area contributed by atoms with Gasteiger partial charge >= 0.3 is 0 Å². The van der Waals surface area contributed by atoms with E-state index >= 15 is 0 Å². The molecule has 0 spiro atoms. The van der Waals surface area contributed by atoms with Crippen LogP contribution in [-0.2, 0) is 6.54 Å². The highest BCUT2D eigenvalue weighted by molar-refractivity contribution is 5.79. The van der Waals surface area contributed by atoms with Crippen molar-refractivity contribution in [2.24, 2.45) is 5.10 Å². The van der Waals surface area contributed by atoms with Gasteiger partial charge in [-0.05, 0) is 13.0 Å². The van der Waals surface area contributed by atoms with E-state index in [0.29, 0.717) is 5.56 Å². The van der Waals surface area contributed by atoms with Gasteiger partial charge in [0, 0.05) is 11.1 Å². The lowest BCUT2D eigenvalue weighted by Gasteiger charge is -2.30. The highest BCUT2D eigenvalue weighted by Crippen LogP contribution is 2.04. The second-order valence-electron chi connectivity index (χ2n) is 6.13. The van der Waals surface area contributed by atoms with Gasteiger partial charge in [-0.3, -0.25) is 5.01 Å². The van der Waals surface area contributed by atoms with Gasteiger partial charge in [-0.2, -0.15) is 5.10 Å². The molecule has 2 aromatic carbocycles. The zero-order valence-corrected chi connectivity index (χ0v) is 13.5. The van der Waals surface area contributed by atoms with Crippen LogP contribution in [0, 0.1) is 12.7 Å². The Hall–Kier alpha value is -2.20. The fourth-order valence-electron chi connectivity index (χ4n) is 2.82. The molecule has 0 radical (unpaired) electrons. The maximum atomic E-state index is 13.6. The summed E-state index contributed by atoms with van der Waals surface area (Å²) in [7, 11) is 0. The van der Waals surface area contributed by atoms with E-state index in [-0.39, 0.29) is 5.82 Å². The van der Waals surface area contributed by atoms with Gasteiger partial charge in [0.05, 0.1) is 32.4 Å². The van der Waals surface area contributed by atoms with Crippen molar-refractivity contribution in [1.29, 1.82) is 0 Å². The van der Waals surface area contributed by atoms with Crippen molar-refractivity contribution in [3.63, 3.8) is 0 Å². The third kappa shape index (κ3) is 4.39. The van der Waals surface area contributed by atoms with Crippen LogP contribution < -0.4 is 4.90 Å². The van der Waals surface area contributed by atoms with Crippen molar-refractivity contribution >= 4 is 6.21 Å². The first-order valence-electron chi connectivity index (χ1n) is 8.13. The van der Waals surface area contributed by atoms with Crippen molar-refractivity contribution in [2.45, 2.75) is 13.5 Å². The second-order valence-corrected chi connectivity index (χ2v) is 6.13. The summed E-state index contributed by atoms with van der Waals surface area (Å²) < 4.78 is 13.6. The first-order valence-corrected chi connectivity index (χ1v) is 8.13. The van der Waals surface area contributed by atoms with Crippen LogP contribution in [0.4, 0.5) is 4.39 Å². The molecule has 0 saturated carbocycles. The number of piperazine rings is 1. The summed E-state index contributed by atoms with van der Waals surface area (Å²) in [5.41, 5.74) is 3.23. The molecular formula is C19H23FN3+. The van der Waals surface area contributed by atoms with Gasteiger partial charge in [0.15, 0.2) is 0 Å². The molecule has 0 atom stereocenters. The number of hydrogen-bond donors (Lipinski definition) is 1. The van der Waals surface area contributed by atoms with E-state index in [1.807, 2.05) is 11.1 Å². The van der Waals surface area contributed by atoms with Crippen LogP contribution in [0.25, 0.3) is 0 Å². The van der Waals surface area contributed by atoms with Crippen LogP contribution >= 0.6 is 0 Å². The summed E-state index contributed by atoms with van der Waals surface area (Å²) in [5.74, 6) is -0.222. The molecule has 120 valence electrons. The predicted octanol–water partition coefficient (Wildman–Crippen LogP) is 1.87. The molecule has 0 aliphatic carbocycles. The maximum absolute atomic E-state index is 13.6. The van der Waals surface area contributed by atoms with Gasteiger partial charge in [-0.25, -0.2) is 4.39 Å². The van der Waals surface area contributed by atoms with Crippen LogP contribution in [0.15, 0.2) is 53.6 Å². The molecule has 1 aliphatic rings. The predicted molar refractivity (Wildman–Crippen MR) is 91.1 cm³/mol. The Morgan fingerprint density at radius 1 is 1.09 bits per heavy atom. The van der Waals surface area contributed by atoms with Crippen LogP contribution in [0.2, 0.25) is 0 Å². The van der Waals surface area contributed by atoms with Crippen molar-refractivity contribution in [3.05, 3.63) is 71.0 Å². The molecule has 1 heterocycles. The highest BCUT2D eigenvalue weighted by Gasteiger charge is 2.18. The molecule has 0 unspecified atom stereocenters. The number of rotatable bonds is 4. The molecule has 0 bridgehead atoms. The molecule has 4 heteroatoms. The Bertz CT molecular complexity index is 659. The number of nitrogens with zero attached hydrogens (tertiary/aromatic N) is 2. The van der Waals surface area contributed by atoms with Crippen molar-refractivity contribution in [3.8, 4) is 0 Å². The Kier molecular flexibility index (Phi) is 5.03. The van der Waals surface area contributed by atoms with Crippen LogP contribution in [0.1, 0.15) is 16.7 Å². The number of benzene rings is 2. The smallest absolute Gasteiger partial charge is 0.132 e.